The molecule has 0 amide bonds. The van der Waals surface area contributed by atoms with Crippen LogP contribution in [0.1, 0.15) is 0 Å². The molecule has 0 aliphatic rings. The van der Waals surface area contributed by atoms with Crippen molar-refractivity contribution in [2.45, 2.75) is 4.90 Å². The standard InChI is InChI=1S/C11H12N4O2S/c1-12-11-8-9(5-7-14-11)18(16,17)15-10-4-2-3-6-13-10/h2-8H,1H3,(H,12,14)(H,13,15). The van der Waals surface area contributed by atoms with Gasteiger partial charge in [-0.1, -0.05) is 6.07 Å². The Labute approximate surface area is 105 Å². The zero-order valence-corrected chi connectivity index (χ0v) is 10.5. The van der Waals surface area contributed by atoms with Gasteiger partial charge in [-0.3, -0.25) is 4.72 Å². The molecule has 0 atom stereocenters. The van der Waals surface area contributed by atoms with Gasteiger partial charge in [0.1, 0.15) is 11.6 Å². The van der Waals surface area contributed by atoms with E-state index in [0.717, 1.165) is 0 Å². The van der Waals surface area contributed by atoms with E-state index in [0.29, 0.717) is 5.82 Å². The molecule has 0 spiro atoms. The molecule has 2 aromatic heterocycles. The number of aromatic nitrogens is 2. The van der Waals surface area contributed by atoms with Crippen LogP contribution < -0.4 is 10.0 Å². The zero-order valence-electron chi connectivity index (χ0n) is 9.66. The van der Waals surface area contributed by atoms with Gasteiger partial charge in [0.05, 0.1) is 4.90 Å². The minimum atomic E-state index is -3.64. The van der Waals surface area contributed by atoms with E-state index in [4.69, 9.17) is 0 Å². The van der Waals surface area contributed by atoms with Crippen molar-refractivity contribution in [2.75, 3.05) is 17.1 Å². The Bertz CT molecular complexity index is 629. The number of hydrogen-bond acceptors (Lipinski definition) is 5. The van der Waals surface area contributed by atoms with Gasteiger partial charge in [-0.05, 0) is 18.2 Å². The lowest BCUT2D eigenvalue weighted by atomic mass is 10.5. The fourth-order valence-electron chi connectivity index (χ4n) is 1.33. The molecule has 2 aromatic rings. The Kier molecular flexibility index (Phi) is 3.42. The average molecular weight is 264 g/mol. The molecule has 0 radical (unpaired) electrons. The van der Waals surface area contributed by atoms with Crippen LogP contribution in [0, 0.1) is 0 Å². The van der Waals surface area contributed by atoms with Gasteiger partial charge in [-0.25, -0.2) is 18.4 Å². The summed E-state index contributed by atoms with van der Waals surface area (Å²) in [6.45, 7) is 0. The van der Waals surface area contributed by atoms with Crippen LogP contribution in [0.2, 0.25) is 0 Å². The maximum Gasteiger partial charge on any atom is 0.263 e. The summed E-state index contributed by atoms with van der Waals surface area (Å²) >= 11 is 0. The van der Waals surface area contributed by atoms with Crippen LogP contribution in [0.4, 0.5) is 11.6 Å². The quantitative estimate of drug-likeness (QED) is 0.870. The molecule has 2 rings (SSSR count). The van der Waals surface area contributed by atoms with Crippen molar-refractivity contribution < 1.29 is 8.42 Å². The van der Waals surface area contributed by atoms with Crippen LogP contribution in [0.25, 0.3) is 0 Å². The number of hydrogen-bond donors (Lipinski definition) is 2. The van der Waals surface area contributed by atoms with Gasteiger partial charge in [0, 0.05) is 25.5 Å². The van der Waals surface area contributed by atoms with Crippen molar-refractivity contribution in [3.05, 3.63) is 42.7 Å². The number of anilines is 2. The van der Waals surface area contributed by atoms with Crippen LogP contribution in [0.3, 0.4) is 0 Å². The highest BCUT2D eigenvalue weighted by Gasteiger charge is 2.15. The number of nitrogens with zero attached hydrogens (tertiary/aromatic N) is 2. The third-order valence-electron chi connectivity index (χ3n) is 2.20. The highest BCUT2D eigenvalue weighted by Crippen LogP contribution is 2.15. The Morgan fingerprint density at radius 1 is 1.06 bits per heavy atom. The molecule has 2 heterocycles. The smallest absolute Gasteiger partial charge is 0.263 e. The first-order valence-electron chi connectivity index (χ1n) is 5.19. The minimum absolute atomic E-state index is 0.132. The first-order valence-corrected chi connectivity index (χ1v) is 6.68. The molecule has 0 bridgehead atoms. The number of sulfonamides is 1. The second-order valence-electron chi connectivity index (χ2n) is 3.45. The van der Waals surface area contributed by atoms with Crippen LogP contribution in [-0.2, 0) is 10.0 Å². The van der Waals surface area contributed by atoms with Gasteiger partial charge in [0.15, 0.2) is 0 Å². The van der Waals surface area contributed by atoms with Gasteiger partial charge in [0.2, 0.25) is 0 Å². The lowest BCUT2D eigenvalue weighted by Crippen LogP contribution is -2.14. The van der Waals surface area contributed by atoms with E-state index < -0.39 is 10.0 Å². The summed E-state index contributed by atoms with van der Waals surface area (Å²) in [6.07, 6.45) is 2.95. The summed E-state index contributed by atoms with van der Waals surface area (Å²) in [6, 6.07) is 7.87. The van der Waals surface area contributed by atoms with Crippen molar-refractivity contribution in [1.82, 2.24) is 9.97 Å². The second-order valence-corrected chi connectivity index (χ2v) is 5.13. The first kappa shape index (κ1) is 12.3. The first-order chi connectivity index (χ1) is 8.62. The highest BCUT2D eigenvalue weighted by molar-refractivity contribution is 7.92. The monoisotopic (exact) mass is 264 g/mol. The van der Waals surface area contributed by atoms with Crippen molar-refractivity contribution in [2.24, 2.45) is 0 Å². The third kappa shape index (κ3) is 2.75. The summed E-state index contributed by atoms with van der Waals surface area (Å²) < 4.78 is 26.5. The third-order valence-corrected chi connectivity index (χ3v) is 3.55. The number of pyridine rings is 2. The van der Waals surface area contributed by atoms with Crippen molar-refractivity contribution >= 4 is 21.7 Å². The fourth-order valence-corrected chi connectivity index (χ4v) is 2.36. The van der Waals surface area contributed by atoms with Crippen molar-refractivity contribution in [3.8, 4) is 0 Å². The molecule has 0 saturated heterocycles. The molecule has 0 fully saturated rings. The highest BCUT2D eigenvalue weighted by atomic mass is 32.2. The van der Waals surface area contributed by atoms with E-state index in [1.165, 1.54) is 24.5 Å². The second kappa shape index (κ2) is 5.01. The average Bonchev–Trinajstić information content (AvgIpc) is 2.39. The summed E-state index contributed by atoms with van der Waals surface area (Å²) in [7, 11) is -1.97. The predicted molar refractivity (Wildman–Crippen MR) is 68.8 cm³/mol. The summed E-state index contributed by atoms with van der Waals surface area (Å²) in [5.74, 6) is 0.763. The molecule has 2 N–H and O–H groups in total. The predicted octanol–water partition coefficient (Wildman–Crippen LogP) is 1.32. The molecule has 0 aliphatic carbocycles. The molecule has 18 heavy (non-hydrogen) atoms. The van der Waals surface area contributed by atoms with Gasteiger partial charge in [-0.2, -0.15) is 0 Å². The summed E-state index contributed by atoms with van der Waals surface area (Å²) in [5, 5.41) is 2.78. The zero-order chi connectivity index (χ0) is 13.0. The summed E-state index contributed by atoms with van der Waals surface area (Å²) in [4.78, 5) is 8.00. The van der Waals surface area contributed by atoms with E-state index >= 15 is 0 Å². The Hall–Kier alpha value is -2.15. The van der Waals surface area contributed by atoms with Gasteiger partial charge < -0.3 is 5.32 Å². The molecular formula is C11H12N4O2S. The summed E-state index contributed by atoms with van der Waals surface area (Å²) in [5.41, 5.74) is 0. The number of nitrogens with one attached hydrogen (secondary N) is 2. The van der Waals surface area contributed by atoms with E-state index in [1.807, 2.05) is 0 Å². The van der Waals surface area contributed by atoms with Crippen molar-refractivity contribution in [3.63, 3.8) is 0 Å². The van der Waals surface area contributed by atoms with E-state index in [1.54, 1.807) is 25.2 Å². The Morgan fingerprint density at radius 2 is 1.83 bits per heavy atom. The Balaban J connectivity index is 2.31. The minimum Gasteiger partial charge on any atom is -0.373 e. The maximum absolute atomic E-state index is 12.1. The van der Waals surface area contributed by atoms with E-state index in [-0.39, 0.29) is 10.7 Å². The van der Waals surface area contributed by atoms with Gasteiger partial charge in [-0.15, -0.1) is 0 Å². The molecular weight excluding hydrogens is 252 g/mol. The normalized spacial score (nSPS) is 10.9. The van der Waals surface area contributed by atoms with E-state index in [2.05, 4.69) is 20.0 Å². The Morgan fingerprint density at radius 3 is 2.50 bits per heavy atom. The lowest BCUT2D eigenvalue weighted by Gasteiger charge is -2.07. The van der Waals surface area contributed by atoms with Gasteiger partial charge >= 0.3 is 0 Å². The molecule has 7 heteroatoms. The topological polar surface area (TPSA) is 84.0 Å². The molecule has 6 nitrogen and oxygen atoms in total. The van der Waals surface area contributed by atoms with Crippen LogP contribution in [0.5, 0.6) is 0 Å². The van der Waals surface area contributed by atoms with Gasteiger partial charge in [0.25, 0.3) is 10.0 Å². The van der Waals surface area contributed by atoms with Crippen LogP contribution >= 0.6 is 0 Å². The largest absolute Gasteiger partial charge is 0.373 e. The molecule has 0 unspecified atom stereocenters. The fraction of sp³-hybridized carbons (Fsp3) is 0.0909. The number of rotatable bonds is 4. The van der Waals surface area contributed by atoms with Crippen LogP contribution in [-0.4, -0.2) is 25.4 Å². The lowest BCUT2D eigenvalue weighted by molar-refractivity contribution is 0.601. The maximum atomic E-state index is 12.1. The molecule has 0 aliphatic heterocycles. The molecule has 94 valence electrons. The van der Waals surface area contributed by atoms with E-state index in [9.17, 15) is 8.42 Å². The molecule has 0 aromatic carbocycles. The SMILES string of the molecule is CNc1cc(S(=O)(=O)Nc2ccccn2)ccn1. The van der Waals surface area contributed by atoms with Crippen LogP contribution in [0.15, 0.2) is 47.6 Å². The van der Waals surface area contributed by atoms with Crippen molar-refractivity contribution in [1.29, 1.82) is 0 Å². The molecule has 0 saturated carbocycles.